The van der Waals surface area contributed by atoms with Gasteiger partial charge in [-0.1, -0.05) is 66.2 Å². The van der Waals surface area contributed by atoms with Gasteiger partial charge in [0.2, 0.25) is 5.89 Å². The van der Waals surface area contributed by atoms with Gasteiger partial charge in [-0.15, -0.1) is 0 Å². The molecule has 0 aliphatic heterocycles. The average molecular weight is 356 g/mol. The number of halogens is 1. The first kappa shape index (κ1) is 15.2. The molecule has 2 nitrogen and oxygen atoms in total. The molecule has 0 aliphatic rings. The molecule has 0 atom stereocenters. The number of oxazole rings is 1. The minimum Gasteiger partial charge on any atom is -0.436 e. The Balaban J connectivity index is 1.59. The molecule has 3 heteroatoms. The minimum absolute atomic E-state index is 0.638. The summed E-state index contributed by atoms with van der Waals surface area (Å²) in [5.74, 6) is 0.638. The minimum atomic E-state index is 0.638. The van der Waals surface area contributed by atoms with Gasteiger partial charge in [0.1, 0.15) is 5.52 Å². The molecular formula is C23H14ClNO. The molecule has 124 valence electrons. The fourth-order valence-electron chi connectivity index (χ4n) is 3.30. The van der Waals surface area contributed by atoms with E-state index < -0.39 is 0 Å². The van der Waals surface area contributed by atoms with Crippen LogP contribution in [0.1, 0.15) is 0 Å². The summed E-state index contributed by atoms with van der Waals surface area (Å²) in [6.45, 7) is 0. The van der Waals surface area contributed by atoms with E-state index in [0.29, 0.717) is 5.89 Å². The van der Waals surface area contributed by atoms with Gasteiger partial charge in [-0.25, -0.2) is 4.98 Å². The summed E-state index contributed by atoms with van der Waals surface area (Å²) in [6, 6.07) is 28.3. The summed E-state index contributed by atoms with van der Waals surface area (Å²) in [4.78, 5) is 4.56. The van der Waals surface area contributed by atoms with Crippen LogP contribution in [0.4, 0.5) is 0 Å². The molecule has 0 fully saturated rings. The lowest BCUT2D eigenvalue weighted by Gasteiger charge is -2.09. The van der Waals surface area contributed by atoms with Crippen molar-refractivity contribution in [2.75, 3.05) is 0 Å². The van der Waals surface area contributed by atoms with Crippen LogP contribution in [-0.2, 0) is 0 Å². The van der Waals surface area contributed by atoms with E-state index in [0.717, 1.165) is 43.6 Å². The summed E-state index contributed by atoms with van der Waals surface area (Å²) in [7, 11) is 0. The molecule has 0 saturated heterocycles. The lowest BCUT2D eigenvalue weighted by Crippen LogP contribution is -1.83. The predicted molar refractivity (Wildman–Crippen MR) is 107 cm³/mol. The number of hydrogen-bond donors (Lipinski definition) is 0. The van der Waals surface area contributed by atoms with Crippen molar-refractivity contribution in [3.63, 3.8) is 0 Å². The van der Waals surface area contributed by atoms with Gasteiger partial charge in [0.25, 0.3) is 0 Å². The van der Waals surface area contributed by atoms with Crippen LogP contribution in [-0.4, -0.2) is 4.98 Å². The molecule has 1 heterocycles. The number of hydrogen-bond acceptors (Lipinski definition) is 2. The first-order valence-corrected chi connectivity index (χ1v) is 8.81. The highest BCUT2D eigenvalue weighted by Gasteiger charge is 2.10. The zero-order valence-electron chi connectivity index (χ0n) is 13.8. The van der Waals surface area contributed by atoms with Crippen LogP contribution < -0.4 is 0 Å². The maximum Gasteiger partial charge on any atom is 0.227 e. The Morgan fingerprint density at radius 2 is 1.35 bits per heavy atom. The van der Waals surface area contributed by atoms with Gasteiger partial charge < -0.3 is 4.42 Å². The molecule has 0 saturated carbocycles. The Bertz CT molecular complexity index is 1210. The third-order valence-corrected chi connectivity index (χ3v) is 4.94. The Hall–Kier alpha value is -3.10. The van der Waals surface area contributed by atoms with Gasteiger partial charge in [-0.2, -0.15) is 0 Å². The van der Waals surface area contributed by atoms with Crippen molar-refractivity contribution in [3.05, 3.63) is 90.0 Å². The van der Waals surface area contributed by atoms with Gasteiger partial charge >= 0.3 is 0 Å². The second-order valence-corrected chi connectivity index (χ2v) is 6.61. The van der Waals surface area contributed by atoms with Gasteiger partial charge in [0.15, 0.2) is 5.58 Å². The third-order valence-electron chi connectivity index (χ3n) is 4.61. The normalized spacial score (nSPS) is 11.3. The standard InChI is InChI=1S/C23H14ClNO/c24-20-14-13-17(18-5-1-2-6-19(18)20)15-9-11-16(12-10-15)23-25-21-7-3-4-8-22(21)26-23/h1-14H. The second-order valence-electron chi connectivity index (χ2n) is 6.20. The Morgan fingerprint density at radius 1 is 0.654 bits per heavy atom. The van der Waals surface area contributed by atoms with E-state index in [4.69, 9.17) is 16.0 Å². The zero-order valence-corrected chi connectivity index (χ0v) is 14.6. The fraction of sp³-hybridized carbons (Fsp3) is 0. The quantitative estimate of drug-likeness (QED) is 0.342. The number of nitrogens with zero attached hydrogens (tertiary/aromatic N) is 1. The van der Waals surface area contributed by atoms with E-state index in [2.05, 4.69) is 29.2 Å². The van der Waals surface area contributed by atoms with Crippen LogP contribution in [0.3, 0.4) is 0 Å². The highest BCUT2D eigenvalue weighted by atomic mass is 35.5. The van der Waals surface area contributed by atoms with Crippen LogP contribution in [0.5, 0.6) is 0 Å². The van der Waals surface area contributed by atoms with E-state index in [1.54, 1.807) is 0 Å². The highest BCUT2D eigenvalue weighted by Crippen LogP contribution is 2.34. The van der Waals surface area contributed by atoms with Crippen LogP contribution in [0.15, 0.2) is 89.3 Å². The molecule has 0 spiro atoms. The van der Waals surface area contributed by atoms with Crippen LogP contribution in [0.25, 0.3) is 44.5 Å². The lowest BCUT2D eigenvalue weighted by atomic mass is 9.97. The van der Waals surface area contributed by atoms with Crippen molar-refractivity contribution in [1.29, 1.82) is 0 Å². The van der Waals surface area contributed by atoms with E-state index in [-0.39, 0.29) is 0 Å². The maximum absolute atomic E-state index is 6.34. The predicted octanol–water partition coefficient (Wildman–Crippen LogP) is 6.97. The number of rotatable bonds is 2. The third kappa shape index (κ3) is 2.47. The molecule has 4 aromatic carbocycles. The molecule has 26 heavy (non-hydrogen) atoms. The molecule has 0 N–H and O–H groups in total. The average Bonchev–Trinajstić information content (AvgIpc) is 3.13. The Kier molecular flexibility index (Phi) is 3.51. The van der Waals surface area contributed by atoms with Crippen LogP contribution in [0.2, 0.25) is 5.02 Å². The van der Waals surface area contributed by atoms with E-state index in [1.807, 2.05) is 60.7 Å². The zero-order chi connectivity index (χ0) is 17.5. The fourth-order valence-corrected chi connectivity index (χ4v) is 3.53. The summed E-state index contributed by atoms with van der Waals surface area (Å²) < 4.78 is 5.86. The second kappa shape index (κ2) is 6.01. The number of para-hydroxylation sites is 2. The monoisotopic (exact) mass is 355 g/mol. The molecule has 0 aliphatic carbocycles. The van der Waals surface area contributed by atoms with E-state index in [9.17, 15) is 0 Å². The van der Waals surface area contributed by atoms with Crippen LogP contribution >= 0.6 is 11.6 Å². The van der Waals surface area contributed by atoms with Crippen LogP contribution in [0, 0.1) is 0 Å². The topological polar surface area (TPSA) is 26.0 Å². The Morgan fingerprint density at radius 3 is 2.15 bits per heavy atom. The summed E-state index contributed by atoms with van der Waals surface area (Å²) >= 11 is 6.34. The molecule has 0 radical (unpaired) electrons. The molecule has 5 rings (SSSR count). The SMILES string of the molecule is Clc1ccc(-c2ccc(-c3nc4ccccc4o3)cc2)c2ccccc12. The summed E-state index contributed by atoms with van der Waals surface area (Å²) in [5, 5.41) is 2.98. The van der Waals surface area contributed by atoms with Crippen molar-refractivity contribution >= 4 is 33.5 Å². The number of fused-ring (bicyclic) bond motifs is 2. The first-order valence-electron chi connectivity index (χ1n) is 8.43. The van der Waals surface area contributed by atoms with Crippen molar-refractivity contribution in [1.82, 2.24) is 4.98 Å². The maximum atomic E-state index is 6.34. The lowest BCUT2D eigenvalue weighted by molar-refractivity contribution is 0.620. The number of benzene rings is 4. The van der Waals surface area contributed by atoms with Gasteiger partial charge in [-0.3, -0.25) is 0 Å². The summed E-state index contributed by atoms with van der Waals surface area (Å²) in [5.41, 5.74) is 4.93. The van der Waals surface area contributed by atoms with Crippen molar-refractivity contribution in [2.45, 2.75) is 0 Å². The summed E-state index contributed by atoms with van der Waals surface area (Å²) in [6.07, 6.45) is 0. The smallest absolute Gasteiger partial charge is 0.227 e. The molecule has 1 aromatic heterocycles. The largest absolute Gasteiger partial charge is 0.436 e. The molecule has 5 aromatic rings. The van der Waals surface area contributed by atoms with Gasteiger partial charge in [0.05, 0.1) is 0 Å². The molecule has 0 unspecified atom stereocenters. The van der Waals surface area contributed by atoms with Gasteiger partial charge in [-0.05, 0) is 46.8 Å². The van der Waals surface area contributed by atoms with E-state index in [1.165, 1.54) is 0 Å². The Labute approximate surface area is 155 Å². The van der Waals surface area contributed by atoms with Crippen molar-refractivity contribution in [3.8, 4) is 22.6 Å². The number of aromatic nitrogens is 1. The van der Waals surface area contributed by atoms with Crippen molar-refractivity contribution in [2.24, 2.45) is 0 Å². The van der Waals surface area contributed by atoms with Crippen molar-refractivity contribution < 1.29 is 4.42 Å². The van der Waals surface area contributed by atoms with Gasteiger partial charge in [0, 0.05) is 16.0 Å². The molecule has 0 amide bonds. The molecular weight excluding hydrogens is 342 g/mol. The first-order chi connectivity index (χ1) is 12.8. The molecule has 0 bridgehead atoms. The van der Waals surface area contributed by atoms with E-state index >= 15 is 0 Å². The highest BCUT2D eigenvalue weighted by molar-refractivity contribution is 6.36.